The van der Waals surface area contributed by atoms with Gasteiger partial charge >= 0.3 is 5.97 Å². The molecule has 0 unspecified atom stereocenters. The fraction of sp³-hybridized carbons (Fsp3) is 0.0909. The highest BCUT2D eigenvalue weighted by Gasteiger charge is 2.20. The maximum absolute atomic E-state index is 13.2. The number of nitrogens with zero attached hydrogens (tertiary/aromatic N) is 1. The van der Waals surface area contributed by atoms with E-state index in [1.54, 1.807) is 23.9 Å². The molecule has 0 saturated carbocycles. The van der Waals surface area contributed by atoms with Crippen molar-refractivity contribution in [3.63, 3.8) is 0 Å². The van der Waals surface area contributed by atoms with Crippen molar-refractivity contribution in [1.82, 2.24) is 4.57 Å². The summed E-state index contributed by atoms with van der Waals surface area (Å²) >= 11 is 0. The van der Waals surface area contributed by atoms with Crippen LogP contribution >= 0.6 is 0 Å². The molecule has 0 radical (unpaired) electrons. The van der Waals surface area contributed by atoms with Crippen molar-refractivity contribution in [3.8, 4) is 0 Å². The average Bonchev–Trinajstić information content (AvgIpc) is 2.58. The van der Waals surface area contributed by atoms with Crippen LogP contribution in [0.4, 0.5) is 4.39 Å². The number of Topliss-reactive ketones (excluding diaryl/α,β-unsaturated/α-hetero) is 1. The molecule has 4 nitrogen and oxygen atoms in total. The molecule has 1 aromatic carbocycles. The number of benzene rings is 1. The monoisotopic (exact) mass is 221 g/mol. The number of aryl methyl sites for hydroxylation is 1. The molecule has 0 aliphatic carbocycles. The second kappa shape index (κ2) is 3.44. The molecule has 0 fully saturated rings. The summed E-state index contributed by atoms with van der Waals surface area (Å²) in [6.07, 6.45) is 1.64. The van der Waals surface area contributed by atoms with Gasteiger partial charge in [0.1, 0.15) is 5.82 Å². The zero-order chi connectivity index (χ0) is 11.9. The van der Waals surface area contributed by atoms with E-state index in [0.29, 0.717) is 10.9 Å². The van der Waals surface area contributed by atoms with E-state index in [-0.39, 0.29) is 5.56 Å². The van der Waals surface area contributed by atoms with Crippen LogP contribution in [-0.2, 0) is 11.8 Å². The Labute approximate surface area is 89.9 Å². The second-order valence-corrected chi connectivity index (χ2v) is 3.45. The van der Waals surface area contributed by atoms with Crippen LogP contribution in [0.25, 0.3) is 10.9 Å². The molecule has 1 N–H and O–H groups in total. The number of fused-ring (bicyclic) bond motifs is 1. The highest BCUT2D eigenvalue weighted by atomic mass is 19.1. The minimum absolute atomic E-state index is 0.130. The number of hydrogen-bond acceptors (Lipinski definition) is 2. The number of rotatable bonds is 2. The topological polar surface area (TPSA) is 59.3 Å². The molecule has 0 saturated heterocycles. The maximum atomic E-state index is 13.2. The average molecular weight is 221 g/mol. The molecule has 82 valence electrons. The Bertz CT molecular complexity index is 601. The number of hydrogen-bond donors (Lipinski definition) is 1. The summed E-state index contributed by atoms with van der Waals surface area (Å²) in [7, 11) is 1.67. The van der Waals surface area contributed by atoms with E-state index in [1.807, 2.05) is 0 Å². The van der Waals surface area contributed by atoms with Crippen LogP contribution in [0.5, 0.6) is 0 Å². The predicted octanol–water partition coefficient (Wildman–Crippen LogP) is 1.58. The Morgan fingerprint density at radius 1 is 1.38 bits per heavy atom. The lowest BCUT2D eigenvalue weighted by atomic mass is 10.1. The van der Waals surface area contributed by atoms with Crippen molar-refractivity contribution >= 4 is 22.7 Å². The first-order valence-electron chi connectivity index (χ1n) is 4.53. The molecule has 0 amide bonds. The van der Waals surface area contributed by atoms with Crippen molar-refractivity contribution < 1.29 is 19.1 Å². The molecular weight excluding hydrogens is 213 g/mol. The van der Waals surface area contributed by atoms with E-state index in [4.69, 9.17) is 5.11 Å². The van der Waals surface area contributed by atoms with Crippen LogP contribution in [-0.4, -0.2) is 21.4 Å². The Hall–Kier alpha value is -2.17. The predicted molar refractivity (Wildman–Crippen MR) is 54.8 cm³/mol. The summed E-state index contributed by atoms with van der Waals surface area (Å²) in [6, 6.07) is 3.82. The first-order valence-corrected chi connectivity index (χ1v) is 4.53. The Balaban J connectivity index is 2.81. The highest BCUT2D eigenvalue weighted by molar-refractivity contribution is 6.42. The number of carbonyl (C=O) groups is 2. The van der Waals surface area contributed by atoms with Gasteiger partial charge in [-0.1, -0.05) is 0 Å². The molecular formula is C11H8FNO3. The van der Waals surface area contributed by atoms with Gasteiger partial charge in [0.25, 0.3) is 5.78 Å². The minimum atomic E-state index is -1.59. The van der Waals surface area contributed by atoms with Crippen molar-refractivity contribution in [3.05, 3.63) is 35.8 Å². The summed E-state index contributed by atoms with van der Waals surface area (Å²) < 4.78 is 14.8. The minimum Gasteiger partial charge on any atom is -0.475 e. The Morgan fingerprint density at radius 2 is 2.06 bits per heavy atom. The van der Waals surface area contributed by atoms with E-state index < -0.39 is 17.6 Å². The fourth-order valence-electron chi connectivity index (χ4n) is 1.70. The van der Waals surface area contributed by atoms with Gasteiger partial charge in [0.15, 0.2) is 0 Å². The van der Waals surface area contributed by atoms with Gasteiger partial charge in [-0.15, -0.1) is 0 Å². The van der Waals surface area contributed by atoms with Crippen LogP contribution in [0.2, 0.25) is 0 Å². The van der Waals surface area contributed by atoms with Crippen molar-refractivity contribution in [2.75, 3.05) is 0 Å². The molecule has 1 heterocycles. The highest BCUT2D eigenvalue weighted by Crippen LogP contribution is 2.21. The molecule has 2 rings (SSSR count). The van der Waals surface area contributed by atoms with Gasteiger partial charge in [0.05, 0.1) is 11.1 Å². The van der Waals surface area contributed by atoms with E-state index in [1.165, 1.54) is 6.07 Å². The van der Waals surface area contributed by atoms with Gasteiger partial charge in [-0.3, -0.25) is 4.79 Å². The van der Waals surface area contributed by atoms with Gasteiger partial charge in [-0.25, -0.2) is 9.18 Å². The molecule has 16 heavy (non-hydrogen) atoms. The van der Waals surface area contributed by atoms with Crippen LogP contribution in [0, 0.1) is 5.82 Å². The summed E-state index contributed by atoms with van der Waals surface area (Å²) in [4.78, 5) is 22.0. The van der Waals surface area contributed by atoms with E-state index >= 15 is 0 Å². The fourth-order valence-corrected chi connectivity index (χ4v) is 1.70. The SMILES string of the molecule is Cn1ccc2cc(F)cc(C(=O)C(=O)O)c21. The number of carboxylic acid groups (broad SMARTS) is 1. The number of carbonyl (C=O) groups excluding carboxylic acids is 1. The third-order valence-electron chi connectivity index (χ3n) is 2.37. The molecule has 1 aromatic heterocycles. The van der Waals surface area contributed by atoms with Gasteiger partial charge < -0.3 is 9.67 Å². The largest absolute Gasteiger partial charge is 0.475 e. The maximum Gasteiger partial charge on any atom is 0.377 e. The lowest BCUT2D eigenvalue weighted by Gasteiger charge is -2.03. The van der Waals surface area contributed by atoms with Gasteiger partial charge in [-0.2, -0.15) is 0 Å². The van der Waals surface area contributed by atoms with E-state index in [2.05, 4.69) is 0 Å². The third kappa shape index (κ3) is 1.46. The number of aliphatic carboxylic acids is 1. The number of carboxylic acids is 1. The lowest BCUT2D eigenvalue weighted by molar-refractivity contribution is -0.131. The quantitative estimate of drug-likeness (QED) is 0.618. The van der Waals surface area contributed by atoms with Gasteiger partial charge in [-0.05, 0) is 18.2 Å². The number of ketones is 1. The zero-order valence-electron chi connectivity index (χ0n) is 8.40. The molecule has 5 heteroatoms. The molecule has 0 aliphatic rings. The van der Waals surface area contributed by atoms with Crippen LogP contribution in [0.1, 0.15) is 10.4 Å². The first kappa shape index (κ1) is 10.4. The summed E-state index contributed by atoms with van der Waals surface area (Å²) in [5.41, 5.74) is 0.295. The summed E-state index contributed by atoms with van der Waals surface area (Å²) in [6.45, 7) is 0. The van der Waals surface area contributed by atoms with Crippen molar-refractivity contribution in [1.29, 1.82) is 0 Å². The molecule has 0 aliphatic heterocycles. The van der Waals surface area contributed by atoms with Crippen molar-refractivity contribution in [2.24, 2.45) is 7.05 Å². The molecule has 0 bridgehead atoms. The van der Waals surface area contributed by atoms with Crippen LogP contribution < -0.4 is 0 Å². The standard InChI is InChI=1S/C11H8FNO3/c1-13-3-2-6-4-7(12)5-8(9(6)13)10(14)11(15)16/h2-5H,1H3,(H,15,16). The zero-order valence-corrected chi connectivity index (χ0v) is 8.40. The normalized spacial score (nSPS) is 10.6. The summed E-state index contributed by atoms with van der Waals surface area (Å²) in [5.74, 6) is -3.32. The molecule has 2 aromatic rings. The number of halogens is 1. The Morgan fingerprint density at radius 3 is 2.69 bits per heavy atom. The van der Waals surface area contributed by atoms with Crippen molar-refractivity contribution in [2.45, 2.75) is 0 Å². The van der Waals surface area contributed by atoms with Crippen LogP contribution in [0.15, 0.2) is 24.4 Å². The second-order valence-electron chi connectivity index (χ2n) is 3.45. The Kier molecular flexibility index (Phi) is 2.23. The molecule has 0 spiro atoms. The van der Waals surface area contributed by atoms with E-state index in [0.717, 1.165) is 6.07 Å². The third-order valence-corrected chi connectivity index (χ3v) is 2.37. The van der Waals surface area contributed by atoms with E-state index in [9.17, 15) is 14.0 Å². The summed E-state index contributed by atoms with van der Waals surface area (Å²) in [5, 5.41) is 9.14. The van der Waals surface area contributed by atoms with Crippen LogP contribution in [0.3, 0.4) is 0 Å². The lowest BCUT2D eigenvalue weighted by Crippen LogP contribution is -2.14. The smallest absolute Gasteiger partial charge is 0.377 e. The first-order chi connectivity index (χ1) is 7.50. The van der Waals surface area contributed by atoms with Gasteiger partial charge in [0.2, 0.25) is 0 Å². The number of aromatic nitrogens is 1. The van der Waals surface area contributed by atoms with Gasteiger partial charge in [0, 0.05) is 18.6 Å². The molecule has 0 atom stereocenters.